The number of nitrogens with zero attached hydrogens (tertiary/aromatic N) is 2. The van der Waals surface area contributed by atoms with E-state index in [2.05, 4.69) is 15.1 Å². The molecule has 0 saturated carbocycles. The quantitative estimate of drug-likeness (QED) is 0.297. The fourth-order valence-corrected chi connectivity index (χ4v) is 7.56. The molecule has 3 saturated heterocycles. The van der Waals surface area contributed by atoms with Crippen molar-refractivity contribution in [3.8, 4) is 0 Å². The van der Waals surface area contributed by atoms with Gasteiger partial charge in [0.25, 0.3) is 0 Å². The third-order valence-corrected chi connectivity index (χ3v) is 10.1. The van der Waals surface area contributed by atoms with Crippen molar-refractivity contribution in [2.24, 2.45) is 0 Å². The van der Waals surface area contributed by atoms with E-state index < -0.39 is 58.8 Å². The number of rotatable bonds is 8. The number of ketones is 1. The van der Waals surface area contributed by atoms with Crippen molar-refractivity contribution in [1.82, 2.24) is 15.1 Å². The van der Waals surface area contributed by atoms with Gasteiger partial charge in [0.2, 0.25) is 0 Å². The van der Waals surface area contributed by atoms with Crippen molar-refractivity contribution in [3.63, 3.8) is 0 Å². The molecule has 0 aromatic heterocycles. The maximum absolute atomic E-state index is 14.6. The molecule has 3 aliphatic heterocycles. The molecule has 0 amide bonds. The molecule has 46 heavy (non-hydrogen) atoms. The van der Waals surface area contributed by atoms with E-state index in [1.54, 1.807) is 0 Å². The Hall–Kier alpha value is -2.57. The van der Waals surface area contributed by atoms with Gasteiger partial charge in [-0.05, 0) is 138 Å². The van der Waals surface area contributed by atoms with Crippen LogP contribution in [0.5, 0.6) is 0 Å². The molecule has 4 nitrogen and oxygen atoms in total. The van der Waals surface area contributed by atoms with Gasteiger partial charge < -0.3 is 15.1 Å². The number of alkyl halides is 6. The van der Waals surface area contributed by atoms with Crippen LogP contribution in [0.3, 0.4) is 0 Å². The number of Topliss-reactive ketones (excluding diaryl/α,β-unsaturated/α-hetero) is 1. The van der Waals surface area contributed by atoms with Gasteiger partial charge in [0.05, 0.1) is 17.2 Å². The van der Waals surface area contributed by atoms with Crippen LogP contribution in [-0.4, -0.2) is 66.9 Å². The number of piperidine rings is 2. The molecular weight excluding hydrogens is 618 g/mol. The Morgan fingerprint density at radius 2 is 1.48 bits per heavy atom. The summed E-state index contributed by atoms with van der Waals surface area (Å²) in [5, 5.41) is 3.14. The molecule has 3 aliphatic rings. The average Bonchev–Trinajstić information content (AvgIpc) is 3.25. The van der Waals surface area contributed by atoms with Gasteiger partial charge in [0.1, 0.15) is 0 Å². The van der Waals surface area contributed by atoms with Gasteiger partial charge in [-0.3, -0.25) is 4.79 Å². The van der Waals surface area contributed by atoms with Crippen LogP contribution in [-0.2, 0) is 29.0 Å². The zero-order chi connectivity index (χ0) is 33.1. The number of hydrogen-bond acceptors (Lipinski definition) is 4. The van der Waals surface area contributed by atoms with Gasteiger partial charge in [0.15, 0.2) is 17.4 Å². The molecule has 0 radical (unpaired) electrons. The van der Waals surface area contributed by atoms with Gasteiger partial charge >= 0.3 is 12.4 Å². The minimum absolute atomic E-state index is 0.0430. The molecule has 254 valence electrons. The van der Waals surface area contributed by atoms with Gasteiger partial charge in [0, 0.05) is 12.5 Å². The lowest BCUT2D eigenvalue weighted by atomic mass is 9.69. The summed E-state index contributed by atoms with van der Waals surface area (Å²) >= 11 is 0. The van der Waals surface area contributed by atoms with E-state index in [4.69, 9.17) is 0 Å². The Balaban J connectivity index is 1.35. The summed E-state index contributed by atoms with van der Waals surface area (Å²) in [5.41, 5.74) is -3.55. The maximum atomic E-state index is 14.6. The Kier molecular flexibility index (Phi) is 10.8. The lowest BCUT2D eigenvalue weighted by Crippen LogP contribution is -2.48. The van der Waals surface area contributed by atoms with E-state index in [1.807, 2.05) is 0 Å². The van der Waals surface area contributed by atoms with Crippen molar-refractivity contribution in [2.75, 3.05) is 39.3 Å². The first kappa shape index (κ1) is 34.8. The molecule has 2 atom stereocenters. The van der Waals surface area contributed by atoms with Gasteiger partial charge in [-0.25, -0.2) is 8.78 Å². The molecular formula is C34H41F8N3O. The molecule has 2 unspecified atom stereocenters. The van der Waals surface area contributed by atoms with Crippen LogP contribution in [0.1, 0.15) is 80.0 Å². The number of hydrogen-bond donors (Lipinski definition) is 1. The molecule has 1 N–H and O–H groups in total. The van der Waals surface area contributed by atoms with Crippen LogP contribution >= 0.6 is 0 Å². The number of halogens is 8. The first-order chi connectivity index (χ1) is 21.7. The summed E-state index contributed by atoms with van der Waals surface area (Å²) in [7, 11) is 0. The maximum Gasteiger partial charge on any atom is 0.416 e. The summed E-state index contributed by atoms with van der Waals surface area (Å²) < 4.78 is 109. The van der Waals surface area contributed by atoms with E-state index >= 15 is 0 Å². The minimum Gasteiger partial charge on any atom is -0.307 e. The van der Waals surface area contributed by atoms with Crippen LogP contribution in [0.25, 0.3) is 0 Å². The van der Waals surface area contributed by atoms with E-state index in [0.717, 1.165) is 51.2 Å². The SMILES string of the molecule is O=C(Cc1cc(C(F)(F)F)cc(C(F)(F)F)c1)C1CC(CCN2CCC(N3CCCCC3)CC2)(c2ccc(F)c(F)c2)CCCN1. The van der Waals surface area contributed by atoms with Crippen LogP contribution in [0.2, 0.25) is 0 Å². The van der Waals surface area contributed by atoms with Crippen molar-refractivity contribution >= 4 is 5.78 Å². The third-order valence-electron chi connectivity index (χ3n) is 10.1. The normalized spacial score (nSPS) is 24.6. The predicted molar refractivity (Wildman–Crippen MR) is 158 cm³/mol. The molecule has 0 aliphatic carbocycles. The first-order valence-corrected chi connectivity index (χ1v) is 16.2. The average molecular weight is 660 g/mol. The molecule has 3 heterocycles. The highest BCUT2D eigenvalue weighted by Gasteiger charge is 2.41. The highest BCUT2D eigenvalue weighted by atomic mass is 19.4. The van der Waals surface area contributed by atoms with Crippen LogP contribution < -0.4 is 5.32 Å². The van der Waals surface area contributed by atoms with Gasteiger partial charge in [-0.15, -0.1) is 0 Å². The highest BCUT2D eigenvalue weighted by molar-refractivity contribution is 5.86. The standard InChI is InChI=1S/C34H41F8N3O/c35-28-6-5-24(21-29(28)36)32(10-16-44-14-7-27(8-15-44)45-12-2-1-3-13-45)9-4-11-43-30(22-32)31(46)19-23-17-25(33(37,38)39)20-26(18-23)34(40,41)42/h5-6,17-18,20-21,27,30,43H,1-4,7-16,19,22H2. The molecule has 0 spiro atoms. The summed E-state index contributed by atoms with van der Waals surface area (Å²) in [5.74, 6) is -2.56. The molecule has 5 rings (SSSR count). The zero-order valence-corrected chi connectivity index (χ0v) is 25.8. The second kappa shape index (κ2) is 14.3. The lowest BCUT2D eigenvalue weighted by Gasteiger charge is -2.42. The van der Waals surface area contributed by atoms with Crippen LogP contribution in [0.15, 0.2) is 36.4 Å². The van der Waals surface area contributed by atoms with Crippen molar-refractivity contribution < 1.29 is 39.9 Å². The summed E-state index contributed by atoms with van der Waals surface area (Å²) in [6.45, 7) is 5.10. The van der Waals surface area contributed by atoms with E-state index in [9.17, 15) is 39.9 Å². The number of nitrogens with one attached hydrogen (secondary N) is 1. The molecule has 2 aromatic carbocycles. The molecule has 2 aromatic rings. The lowest BCUT2D eigenvalue weighted by molar-refractivity contribution is -0.143. The van der Waals surface area contributed by atoms with Gasteiger partial charge in [-0.1, -0.05) is 12.5 Å². The Bertz CT molecular complexity index is 1320. The zero-order valence-electron chi connectivity index (χ0n) is 25.8. The van der Waals surface area contributed by atoms with Crippen molar-refractivity contribution in [2.45, 2.75) is 94.1 Å². The Labute approximate surface area is 264 Å². The summed E-state index contributed by atoms with van der Waals surface area (Å²) in [6, 6.07) is 4.61. The fraction of sp³-hybridized carbons (Fsp3) is 0.618. The minimum atomic E-state index is -5.02. The van der Waals surface area contributed by atoms with Gasteiger partial charge in [-0.2, -0.15) is 26.3 Å². The number of carbonyl (C=O) groups is 1. The molecule has 12 heteroatoms. The summed E-state index contributed by atoms with van der Waals surface area (Å²) in [4.78, 5) is 18.5. The molecule has 0 bridgehead atoms. The van der Waals surface area contributed by atoms with E-state index in [1.165, 1.54) is 25.3 Å². The Morgan fingerprint density at radius 3 is 2.09 bits per heavy atom. The topological polar surface area (TPSA) is 35.6 Å². The number of benzene rings is 2. The Morgan fingerprint density at radius 1 is 0.826 bits per heavy atom. The smallest absolute Gasteiger partial charge is 0.307 e. The monoisotopic (exact) mass is 659 g/mol. The third kappa shape index (κ3) is 8.47. The molecule has 3 fully saturated rings. The predicted octanol–water partition coefficient (Wildman–Crippen LogP) is 7.53. The summed E-state index contributed by atoms with van der Waals surface area (Å²) in [6.07, 6.45) is -3.03. The fourth-order valence-electron chi connectivity index (χ4n) is 7.56. The second-order valence-electron chi connectivity index (χ2n) is 13.2. The van der Waals surface area contributed by atoms with Crippen molar-refractivity contribution in [1.29, 1.82) is 0 Å². The highest BCUT2D eigenvalue weighted by Crippen LogP contribution is 2.41. The van der Waals surface area contributed by atoms with Crippen molar-refractivity contribution in [3.05, 3.63) is 70.3 Å². The second-order valence-corrected chi connectivity index (χ2v) is 13.2. The van der Waals surface area contributed by atoms with E-state index in [0.29, 0.717) is 56.1 Å². The van der Waals surface area contributed by atoms with Crippen LogP contribution in [0, 0.1) is 11.6 Å². The first-order valence-electron chi connectivity index (χ1n) is 16.2. The number of likely N-dealkylation sites (tertiary alicyclic amines) is 2. The van der Waals surface area contributed by atoms with E-state index in [-0.39, 0.29) is 18.1 Å². The largest absolute Gasteiger partial charge is 0.416 e. The van der Waals surface area contributed by atoms with Crippen LogP contribution in [0.4, 0.5) is 35.1 Å². The number of carbonyl (C=O) groups excluding carboxylic acids is 1.